The number of benzene rings is 1. The molecule has 146 valence electrons. The molecule has 0 radical (unpaired) electrons. The van der Waals surface area contributed by atoms with Crippen molar-refractivity contribution in [2.45, 2.75) is 26.9 Å². The SMILES string of the molecule is CCOP(=O)(Cc1ccc(C(=O)Nc2ccc(F)cc2C(C)=O)s1)OCC. The summed E-state index contributed by atoms with van der Waals surface area (Å²) in [4.78, 5) is 25.2. The minimum atomic E-state index is -3.26. The quantitative estimate of drug-likeness (QED) is 0.456. The molecule has 0 aliphatic carbocycles. The maximum Gasteiger partial charge on any atom is 0.335 e. The number of amides is 1. The lowest BCUT2D eigenvalue weighted by Crippen LogP contribution is -2.13. The Balaban J connectivity index is 2.16. The highest BCUT2D eigenvalue weighted by atomic mass is 32.1. The van der Waals surface area contributed by atoms with E-state index < -0.39 is 19.3 Å². The summed E-state index contributed by atoms with van der Waals surface area (Å²) in [5.74, 6) is -1.35. The second kappa shape index (κ2) is 9.37. The van der Waals surface area contributed by atoms with Gasteiger partial charge in [-0.15, -0.1) is 11.3 Å². The van der Waals surface area contributed by atoms with Gasteiger partial charge in [0.05, 0.1) is 29.9 Å². The Bertz CT molecular complexity index is 872. The fourth-order valence-corrected chi connectivity index (χ4v) is 5.36. The summed E-state index contributed by atoms with van der Waals surface area (Å²) in [7, 11) is -3.26. The molecule has 1 N–H and O–H groups in total. The molecule has 1 heterocycles. The Labute approximate surface area is 161 Å². The van der Waals surface area contributed by atoms with Gasteiger partial charge in [0.1, 0.15) is 5.82 Å². The molecule has 0 aliphatic heterocycles. The highest BCUT2D eigenvalue weighted by Gasteiger charge is 2.25. The first-order valence-electron chi connectivity index (χ1n) is 8.36. The minimum Gasteiger partial charge on any atom is -0.321 e. The lowest BCUT2D eigenvalue weighted by atomic mass is 10.1. The van der Waals surface area contributed by atoms with Gasteiger partial charge in [-0.05, 0) is 51.1 Å². The van der Waals surface area contributed by atoms with Crippen LogP contribution in [0.3, 0.4) is 0 Å². The predicted molar refractivity (Wildman–Crippen MR) is 103 cm³/mol. The first kappa shape index (κ1) is 21.4. The first-order chi connectivity index (χ1) is 12.8. The molecular weight excluding hydrogens is 392 g/mol. The monoisotopic (exact) mass is 413 g/mol. The van der Waals surface area contributed by atoms with Gasteiger partial charge in [0.2, 0.25) is 0 Å². The number of Topliss-reactive ketones (excluding diaryl/α,β-unsaturated/α-hetero) is 1. The standard InChI is InChI=1S/C18H21FNO5PS/c1-4-24-26(23,25-5-2)11-14-7-9-17(27-14)18(22)20-16-8-6-13(19)10-15(16)12(3)21/h6-10H,4-5,11H2,1-3H3,(H,20,22). The number of carbonyl (C=O) groups is 2. The van der Waals surface area contributed by atoms with Crippen LogP contribution in [0.4, 0.5) is 10.1 Å². The largest absolute Gasteiger partial charge is 0.335 e. The molecule has 0 aliphatic rings. The molecule has 0 bridgehead atoms. The molecule has 0 unspecified atom stereocenters. The summed E-state index contributed by atoms with van der Waals surface area (Å²) in [6, 6.07) is 6.87. The molecule has 6 nitrogen and oxygen atoms in total. The maximum atomic E-state index is 13.3. The highest BCUT2D eigenvalue weighted by Crippen LogP contribution is 2.52. The number of ketones is 1. The third-order valence-corrected chi connectivity index (χ3v) is 6.82. The minimum absolute atomic E-state index is 0.0713. The summed E-state index contributed by atoms with van der Waals surface area (Å²) in [5.41, 5.74) is 0.329. The van der Waals surface area contributed by atoms with Crippen LogP contribution in [0.2, 0.25) is 0 Å². The topological polar surface area (TPSA) is 81.7 Å². The number of anilines is 1. The summed E-state index contributed by atoms with van der Waals surface area (Å²) in [6.07, 6.45) is 0.0713. The summed E-state index contributed by atoms with van der Waals surface area (Å²) in [5, 5.41) is 2.61. The second-order valence-electron chi connectivity index (χ2n) is 5.57. The Hall–Kier alpha value is -1.86. The van der Waals surface area contributed by atoms with Crippen LogP contribution in [-0.4, -0.2) is 24.9 Å². The van der Waals surface area contributed by atoms with Crippen LogP contribution in [0.5, 0.6) is 0 Å². The van der Waals surface area contributed by atoms with Crippen molar-refractivity contribution in [3.8, 4) is 0 Å². The molecule has 0 saturated heterocycles. The van der Waals surface area contributed by atoms with Gasteiger partial charge in [-0.2, -0.15) is 0 Å². The fraction of sp³-hybridized carbons (Fsp3) is 0.333. The van der Waals surface area contributed by atoms with E-state index in [1.54, 1.807) is 26.0 Å². The highest BCUT2D eigenvalue weighted by molar-refractivity contribution is 7.53. The normalized spacial score (nSPS) is 11.4. The first-order valence-corrected chi connectivity index (χ1v) is 10.9. The van der Waals surface area contributed by atoms with Crippen LogP contribution in [0.15, 0.2) is 30.3 Å². The molecule has 1 amide bonds. The molecular formula is C18H21FNO5PS. The number of hydrogen-bond acceptors (Lipinski definition) is 6. The van der Waals surface area contributed by atoms with Crippen molar-refractivity contribution in [1.29, 1.82) is 0 Å². The van der Waals surface area contributed by atoms with E-state index in [1.165, 1.54) is 19.1 Å². The van der Waals surface area contributed by atoms with E-state index in [2.05, 4.69) is 5.32 Å². The number of rotatable bonds is 9. The molecule has 27 heavy (non-hydrogen) atoms. The van der Waals surface area contributed by atoms with Crippen molar-refractivity contribution in [1.82, 2.24) is 0 Å². The van der Waals surface area contributed by atoms with Gasteiger partial charge >= 0.3 is 7.60 Å². The second-order valence-corrected chi connectivity index (χ2v) is 8.79. The van der Waals surface area contributed by atoms with Crippen molar-refractivity contribution in [3.63, 3.8) is 0 Å². The van der Waals surface area contributed by atoms with E-state index in [0.29, 0.717) is 9.75 Å². The molecule has 1 aromatic heterocycles. The lowest BCUT2D eigenvalue weighted by Gasteiger charge is -2.15. The van der Waals surface area contributed by atoms with Gasteiger partial charge in [0.25, 0.3) is 5.91 Å². The van der Waals surface area contributed by atoms with Crippen LogP contribution < -0.4 is 5.32 Å². The molecule has 0 fully saturated rings. The van der Waals surface area contributed by atoms with E-state index >= 15 is 0 Å². The van der Waals surface area contributed by atoms with Crippen molar-refractivity contribution in [2.24, 2.45) is 0 Å². The van der Waals surface area contributed by atoms with Crippen molar-refractivity contribution >= 4 is 36.3 Å². The Morgan fingerprint density at radius 2 is 1.81 bits per heavy atom. The average molecular weight is 413 g/mol. The molecule has 0 spiro atoms. The number of carbonyl (C=O) groups excluding carboxylic acids is 2. The smallest absolute Gasteiger partial charge is 0.321 e. The van der Waals surface area contributed by atoms with E-state index in [1.807, 2.05) is 0 Å². The zero-order chi connectivity index (χ0) is 20.0. The van der Waals surface area contributed by atoms with E-state index in [-0.39, 0.29) is 36.4 Å². The van der Waals surface area contributed by atoms with Crippen molar-refractivity contribution < 1.29 is 27.6 Å². The van der Waals surface area contributed by atoms with Crippen LogP contribution in [0.25, 0.3) is 0 Å². The van der Waals surface area contributed by atoms with Crippen LogP contribution in [0, 0.1) is 5.82 Å². The molecule has 2 aromatic rings. The summed E-state index contributed by atoms with van der Waals surface area (Å²) in [6.45, 7) is 5.28. The Morgan fingerprint density at radius 1 is 1.15 bits per heavy atom. The van der Waals surface area contributed by atoms with Crippen LogP contribution >= 0.6 is 18.9 Å². The van der Waals surface area contributed by atoms with Gasteiger partial charge in [0, 0.05) is 10.4 Å². The molecule has 9 heteroatoms. The van der Waals surface area contributed by atoms with E-state index in [9.17, 15) is 18.5 Å². The van der Waals surface area contributed by atoms with E-state index in [4.69, 9.17) is 9.05 Å². The molecule has 0 saturated carbocycles. The van der Waals surface area contributed by atoms with Gasteiger partial charge in [0.15, 0.2) is 5.78 Å². The predicted octanol–water partition coefficient (Wildman–Crippen LogP) is 5.11. The number of nitrogens with one attached hydrogen (secondary N) is 1. The number of thiophene rings is 1. The average Bonchev–Trinajstić information content (AvgIpc) is 3.04. The van der Waals surface area contributed by atoms with Crippen LogP contribution in [0.1, 0.15) is 45.7 Å². The number of halogens is 1. The zero-order valence-corrected chi connectivity index (χ0v) is 17.0. The molecule has 1 aromatic carbocycles. The maximum absolute atomic E-state index is 13.3. The lowest BCUT2D eigenvalue weighted by molar-refractivity contribution is 0.101. The summed E-state index contributed by atoms with van der Waals surface area (Å²) >= 11 is 1.15. The number of hydrogen-bond donors (Lipinski definition) is 1. The van der Waals surface area contributed by atoms with Gasteiger partial charge < -0.3 is 14.4 Å². The molecule has 2 rings (SSSR count). The fourth-order valence-electron chi connectivity index (χ4n) is 2.40. The zero-order valence-electron chi connectivity index (χ0n) is 15.3. The van der Waals surface area contributed by atoms with Crippen molar-refractivity contribution in [2.75, 3.05) is 18.5 Å². The summed E-state index contributed by atoms with van der Waals surface area (Å²) < 4.78 is 36.5. The van der Waals surface area contributed by atoms with Gasteiger partial charge in [-0.25, -0.2) is 4.39 Å². The van der Waals surface area contributed by atoms with Crippen molar-refractivity contribution in [3.05, 3.63) is 51.5 Å². The third kappa shape index (κ3) is 5.81. The van der Waals surface area contributed by atoms with Gasteiger partial charge in [-0.1, -0.05) is 0 Å². The Kier molecular flexibility index (Phi) is 7.44. The van der Waals surface area contributed by atoms with Crippen LogP contribution in [-0.2, 0) is 19.8 Å². The van der Waals surface area contributed by atoms with E-state index in [0.717, 1.165) is 17.4 Å². The Morgan fingerprint density at radius 3 is 2.41 bits per heavy atom. The third-order valence-electron chi connectivity index (χ3n) is 3.50. The van der Waals surface area contributed by atoms with Gasteiger partial charge in [-0.3, -0.25) is 14.2 Å². The molecule has 0 atom stereocenters.